The fourth-order valence-electron chi connectivity index (χ4n) is 3.52. The zero-order valence-corrected chi connectivity index (χ0v) is 18.6. The van der Waals surface area contributed by atoms with Gasteiger partial charge in [-0.25, -0.2) is 4.68 Å². The van der Waals surface area contributed by atoms with E-state index in [1.165, 1.54) is 11.3 Å². The van der Waals surface area contributed by atoms with Crippen molar-refractivity contribution >= 4 is 39.1 Å². The molecule has 0 saturated carbocycles. The second-order valence-corrected chi connectivity index (χ2v) is 8.21. The predicted molar refractivity (Wildman–Crippen MR) is 125 cm³/mol. The van der Waals surface area contributed by atoms with Crippen LogP contribution in [0.2, 0.25) is 0 Å². The van der Waals surface area contributed by atoms with E-state index in [1.807, 2.05) is 61.9 Å². The van der Waals surface area contributed by atoms with E-state index in [9.17, 15) is 9.59 Å². The minimum atomic E-state index is -0.201. The van der Waals surface area contributed by atoms with Crippen LogP contribution in [0.4, 0.5) is 5.69 Å². The average Bonchev–Trinajstić information content (AvgIpc) is 3.36. The van der Waals surface area contributed by atoms with Gasteiger partial charge in [0.25, 0.3) is 11.8 Å². The van der Waals surface area contributed by atoms with Gasteiger partial charge in [0.1, 0.15) is 4.83 Å². The Morgan fingerprint density at radius 1 is 1.03 bits per heavy atom. The van der Waals surface area contributed by atoms with Crippen LogP contribution >= 0.6 is 11.3 Å². The zero-order chi connectivity index (χ0) is 22.0. The zero-order valence-electron chi connectivity index (χ0n) is 17.8. The van der Waals surface area contributed by atoms with E-state index in [1.54, 1.807) is 29.2 Å². The normalized spacial score (nSPS) is 10.9. The number of hydrogen-bond donors (Lipinski definition) is 1. The molecule has 31 heavy (non-hydrogen) atoms. The molecule has 2 amide bonds. The number of nitrogens with one attached hydrogen (secondary N) is 1. The van der Waals surface area contributed by atoms with E-state index in [0.29, 0.717) is 29.2 Å². The van der Waals surface area contributed by atoms with E-state index in [0.717, 1.165) is 21.6 Å². The molecule has 2 heterocycles. The fraction of sp³-hybridized carbons (Fsp3) is 0.208. The highest BCUT2D eigenvalue weighted by molar-refractivity contribution is 7.20. The number of carbonyl (C=O) groups excluding carboxylic acids is 2. The van der Waals surface area contributed by atoms with Gasteiger partial charge in [-0.3, -0.25) is 9.59 Å². The first-order chi connectivity index (χ1) is 15.0. The van der Waals surface area contributed by atoms with Gasteiger partial charge in [0, 0.05) is 29.7 Å². The summed E-state index contributed by atoms with van der Waals surface area (Å²) in [5.41, 5.74) is 2.99. The van der Waals surface area contributed by atoms with Crippen LogP contribution in [0.3, 0.4) is 0 Å². The average molecular weight is 433 g/mol. The molecule has 0 bridgehead atoms. The molecule has 158 valence electrons. The first-order valence-corrected chi connectivity index (χ1v) is 11.1. The summed E-state index contributed by atoms with van der Waals surface area (Å²) in [6.45, 7) is 7.13. The quantitative estimate of drug-likeness (QED) is 0.459. The Balaban J connectivity index is 1.60. The minimum absolute atomic E-state index is 0.0402. The Hall–Kier alpha value is -3.45. The Kier molecular flexibility index (Phi) is 5.86. The summed E-state index contributed by atoms with van der Waals surface area (Å²) in [5.74, 6) is -0.241. The van der Waals surface area contributed by atoms with E-state index in [4.69, 9.17) is 0 Å². The van der Waals surface area contributed by atoms with Crippen LogP contribution in [0.15, 0.2) is 60.7 Å². The smallest absolute Gasteiger partial charge is 0.265 e. The number of hydrogen-bond acceptors (Lipinski definition) is 4. The highest BCUT2D eigenvalue weighted by Crippen LogP contribution is 2.31. The first-order valence-electron chi connectivity index (χ1n) is 10.3. The SMILES string of the molecule is CCN(CC)C(=O)c1cccc(NC(=O)c2cc3c(C)nn(-c4ccccc4)c3s2)c1. The van der Waals surface area contributed by atoms with Crippen LogP contribution in [0.25, 0.3) is 15.9 Å². The maximum absolute atomic E-state index is 12.9. The summed E-state index contributed by atoms with van der Waals surface area (Å²) in [4.78, 5) is 28.8. The van der Waals surface area contributed by atoms with Crippen LogP contribution in [0.5, 0.6) is 0 Å². The molecule has 4 aromatic rings. The predicted octanol–water partition coefficient (Wildman–Crippen LogP) is 5.13. The first kappa shape index (κ1) is 20.8. The van der Waals surface area contributed by atoms with Crippen LogP contribution in [-0.2, 0) is 0 Å². The molecule has 2 aromatic heterocycles. The fourth-order valence-corrected chi connectivity index (χ4v) is 4.60. The van der Waals surface area contributed by atoms with Gasteiger partial charge in [0.15, 0.2) is 0 Å². The lowest BCUT2D eigenvalue weighted by Gasteiger charge is -2.18. The van der Waals surface area contributed by atoms with Crippen LogP contribution in [0.1, 0.15) is 39.6 Å². The number of aromatic nitrogens is 2. The molecule has 0 atom stereocenters. The second-order valence-electron chi connectivity index (χ2n) is 7.17. The molecular formula is C24H24N4O2S. The largest absolute Gasteiger partial charge is 0.339 e. The summed E-state index contributed by atoms with van der Waals surface area (Å²) < 4.78 is 1.87. The van der Waals surface area contributed by atoms with Crippen molar-refractivity contribution < 1.29 is 9.59 Å². The topological polar surface area (TPSA) is 67.2 Å². The van der Waals surface area contributed by atoms with Crippen LogP contribution in [-0.4, -0.2) is 39.6 Å². The molecule has 2 aromatic carbocycles. The van der Waals surface area contributed by atoms with Crippen molar-refractivity contribution in [1.82, 2.24) is 14.7 Å². The van der Waals surface area contributed by atoms with Gasteiger partial charge < -0.3 is 10.2 Å². The number of amides is 2. The lowest BCUT2D eigenvalue weighted by molar-refractivity contribution is 0.0772. The van der Waals surface area contributed by atoms with Gasteiger partial charge in [-0.2, -0.15) is 5.10 Å². The summed E-state index contributed by atoms with van der Waals surface area (Å²) in [6.07, 6.45) is 0. The van der Waals surface area contributed by atoms with E-state index in [2.05, 4.69) is 10.4 Å². The number of benzene rings is 2. The summed E-state index contributed by atoms with van der Waals surface area (Å²) in [7, 11) is 0. The number of carbonyl (C=O) groups is 2. The van der Waals surface area contributed by atoms with Gasteiger partial charge in [-0.05, 0) is 57.2 Å². The molecule has 0 spiro atoms. The van der Waals surface area contributed by atoms with Crippen molar-refractivity contribution in [3.8, 4) is 5.69 Å². The van der Waals surface area contributed by atoms with Crippen molar-refractivity contribution in [2.45, 2.75) is 20.8 Å². The molecule has 0 unspecified atom stereocenters. The van der Waals surface area contributed by atoms with Crippen molar-refractivity contribution in [2.24, 2.45) is 0 Å². The Morgan fingerprint density at radius 2 is 1.77 bits per heavy atom. The second kappa shape index (κ2) is 8.73. The van der Waals surface area contributed by atoms with E-state index in [-0.39, 0.29) is 11.8 Å². The molecule has 7 heteroatoms. The molecule has 0 saturated heterocycles. The van der Waals surface area contributed by atoms with E-state index < -0.39 is 0 Å². The highest BCUT2D eigenvalue weighted by atomic mass is 32.1. The van der Waals surface area contributed by atoms with Crippen molar-refractivity contribution in [1.29, 1.82) is 0 Å². The highest BCUT2D eigenvalue weighted by Gasteiger charge is 2.18. The lowest BCUT2D eigenvalue weighted by atomic mass is 10.1. The van der Waals surface area contributed by atoms with Gasteiger partial charge in [-0.15, -0.1) is 11.3 Å². The third-order valence-corrected chi connectivity index (χ3v) is 6.30. The standard InChI is InChI=1S/C24H24N4O2S/c1-4-27(5-2)23(30)17-10-9-11-18(14-17)25-22(29)21-15-20-16(3)26-28(24(20)31-21)19-12-7-6-8-13-19/h6-15H,4-5H2,1-3H3,(H,25,29). The van der Waals surface area contributed by atoms with Gasteiger partial charge in [-0.1, -0.05) is 24.3 Å². The summed E-state index contributed by atoms with van der Waals surface area (Å²) in [5, 5.41) is 8.51. The third kappa shape index (κ3) is 4.09. The number of nitrogens with zero attached hydrogens (tertiary/aromatic N) is 3. The Morgan fingerprint density at radius 3 is 2.48 bits per heavy atom. The molecule has 1 N–H and O–H groups in total. The van der Waals surface area contributed by atoms with Crippen molar-refractivity contribution in [2.75, 3.05) is 18.4 Å². The molecule has 0 fully saturated rings. The summed E-state index contributed by atoms with van der Waals surface area (Å²) >= 11 is 1.40. The van der Waals surface area contributed by atoms with Crippen molar-refractivity contribution in [3.63, 3.8) is 0 Å². The number of aryl methyl sites for hydroxylation is 1. The maximum Gasteiger partial charge on any atom is 0.265 e. The number of para-hydroxylation sites is 1. The number of anilines is 1. The Bertz CT molecular complexity index is 1240. The van der Waals surface area contributed by atoms with E-state index >= 15 is 0 Å². The summed E-state index contributed by atoms with van der Waals surface area (Å²) in [6, 6.07) is 18.8. The molecule has 0 aliphatic heterocycles. The number of thiophene rings is 1. The van der Waals surface area contributed by atoms with Gasteiger partial charge in [0.05, 0.1) is 16.3 Å². The molecular weight excluding hydrogens is 408 g/mol. The van der Waals surface area contributed by atoms with Crippen LogP contribution < -0.4 is 5.32 Å². The molecule has 0 aliphatic carbocycles. The minimum Gasteiger partial charge on any atom is -0.339 e. The van der Waals surface area contributed by atoms with Crippen LogP contribution in [0, 0.1) is 6.92 Å². The van der Waals surface area contributed by atoms with Gasteiger partial charge >= 0.3 is 0 Å². The number of fused-ring (bicyclic) bond motifs is 1. The molecule has 4 rings (SSSR count). The third-order valence-electron chi connectivity index (χ3n) is 5.19. The lowest BCUT2D eigenvalue weighted by Crippen LogP contribution is -2.30. The molecule has 0 aliphatic rings. The number of rotatable bonds is 6. The monoisotopic (exact) mass is 432 g/mol. The van der Waals surface area contributed by atoms with Gasteiger partial charge in [0.2, 0.25) is 0 Å². The molecule has 6 nitrogen and oxygen atoms in total. The Labute approximate surface area is 185 Å². The maximum atomic E-state index is 12.9. The van der Waals surface area contributed by atoms with Crippen molar-refractivity contribution in [3.05, 3.63) is 76.8 Å². The molecule has 0 radical (unpaired) electrons.